The normalized spacial score (nSPS) is 10.5. The van der Waals surface area contributed by atoms with Crippen molar-refractivity contribution in [1.82, 2.24) is 9.78 Å². The van der Waals surface area contributed by atoms with Crippen LogP contribution in [0.2, 0.25) is 0 Å². The Labute approximate surface area is 102 Å². The van der Waals surface area contributed by atoms with Crippen molar-refractivity contribution in [1.29, 1.82) is 0 Å². The molecule has 0 fully saturated rings. The SMILES string of the molecule is CN(C)c1c(N)cnn1CCCCCC(N)=O. The monoisotopic (exact) mass is 239 g/mol. The van der Waals surface area contributed by atoms with Gasteiger partial charge < -0.3 is 16.4 Å². The zero-order valence-electron chi connectivity index (χ0n) is 10.5. The number of nitrogens with zero attached hydrogens (tertiary/aromatic N) is 3. The van der Waals surface area contributed by atoms with E-state index in [0.717, 1.165) is 31.6 Å². The second-order valence-corrected chi connectivity index (χ2v) is 4.32. The van der Waals surface area contributed by atoms with Gasteiger partial charge >= 0.3 is 0 Å². The molecule has 96 valence electrons. The average molecular weight is 239 g/mol. The van der Waals surface area contributed by atoms with Crippen LogP contribution in [-0.4, -0.2) is 29.8 Å². The highest BCUT2D eigenvalue weighted by atomic mass is 16.1. The lowest BCUT2D eigenvalue weighted by molar-refractivity contribution is -0.118. The molecule has 0 unspecified atom stereocenters. The molecule has 0 spiro atoms. The minimum absolute atomic E-state index is 0.234. The number of carbonyl (C=O) groups is 1. The zero-order chi connectivity index (χ0) is 12.8. The summed E-state index contributed by atoms with van der Waals surface area (Å²) < 4.78 is 1.89. The lowest BCUT2D eigenvalue weighted by atomic mass is 10.2. The highest BCUT2D eigenvalue weighted by Crippen LogP contribution is 2.20. The first-order valence-corrected chi connectivity index (χ1v) is 5.79. The molecule has 0 saturated carbocycles. The van der Waals surface area contributed by atoms with Gasteiger partial charge in [0.25, 0.3) is 0 Å². The quantitative estimate of drug-likeness (QED) is 0.681. The largest absolute Gasteiger partial charge is 0.394 e. The Bertz CT molecular complexity index is 372. The van der Waals surface area contributed by atoms with Crippen LogP contribution in [0.4, 0.5) is 11.5 Å². The summed E-state index contributed by atoms with van der Waals surface area (Å²) in [5.74, 6) is 0.696. The van der Waals surface area contributed by atoms with Gasteiger partial charge in [-0.3, -0.25) is 4.79 Å². The van der Waals surface area contributed by atoms with Gasteiger partial charge in [0.2, 0.25) is 5.91 Å². The van der Waals surface area contributed by atoms with Crippen molar-refractivity contribution in [2.45, 2.75) is 32.2 Å². The van der Waals surface area contributed by atoms with E-state index in [0.29, 0.717) is 12.1 Å². The number of hydrogen-bond acceptors (Lipinski definition) is 4. The van der Waals surface area contributed by atoms with Crippen LogP contribution in [0.1, 0.15) is 25.7 Å². The van der Waals surface area contributed by atoms with E-state index in [1.807, 2.05) is 23.7 Å². The van der Waals surface area contributed by atoms with Crippen molar-refractivity contribution in [2.75, 3.05) is 24.7 Å². The summed E-state index contributed by atoms with van der Waals surface area (Å²) in [7, 11) is 3.88. The van der Waals surface area contributed by atoms with E-state index >= 15 is 0 Å². The molecule has 0 saturated heterocycles. The molecule has 0 aliphatic rings. The number of hydrogen-bond donors (Lipinski definition) is 2. The molecule has 6 heteroatoms. The Kier molecular flexibility index (Phi) is 4.81. The van der Waals surface area contributed by atoms with E-state index < -0.39 is 0 Å². The third-order valence-electron chi connectivity index (χ3n) is 2.56. The first kappa shape index (κ1) is 13.3. The summed E-state index contributed by atoms with van der Waals surface area (Å²) in [5.41, 5.74) is 11.6. The van der Waals surface area contributed by atoms with Gasteiger partial charge in [-0.05, 0) is 12.8 Å². The lowest BCUT2D eigenvalue weighted by Gasteiger charge is -2.15. The number of anilines is 2. The van der Waals surface area contributed by atoms with Crippen LogP contribution in [0, 0.1) is 0 Å². The van der Waals surface area contributed by atoms with Gasteiger partial charge in [-0.1, -0.05) is 6.42 Å². The van der Waals surface area contributed by atoms with Gasteiger partial charge in [-0.2, -0.15) is 5.10 Å². The molecule has 6 nitrogen and oxygen atoms in total. The molecular weight excluding hydrogens is 218 g/mol. The summed E-state index contributed by atoms with van der Waals surface area (Å²) in [6.07, 6.45) is 4.90. The Morgan fingerprint density at radius 2 is 2.12 bits per heavy atom. The maximum absolute atomic E-state index is 10.6. The molecule has 0 aromatic carbocycles. The molecule has 1 aromatic rings. The van der Waals surface area contributed by atoms with Crippen molar-refractivity contribution in [3.05, 3.63) is 6.20 Å². The summed E-state index contributed by atoms with van der Waals surface area (Å²) in [4.78, 5) is 12.5. The van der Waals surface area contributed by atoms with E-state index in [1.165, 1.54) is 0 Å². The summed E-state index contributed by atoms with van der Waals surface area (Å²) in [5, 5.41) is 4.23. The number of rotatable bonds is 7. The van der Waals surface area contributed by atoms with Gasteiger partial charge in [0.1, 0.15) is 5.82 Å². The number of nitrogens with two attached hydrogens (primary N) is 2. The van der Waals surface area contributed by atoms with Gasteiger partial charge in [0.15, 0.2) is 0 Å². The average Bonchev–Trinajstić information content (AvgIpc) is 2.59. The second kappa shape index (κ2) is 6.12. The highest BCUT2D eigenvalue weighted by molar-refractivity contribution is 5.73. The van der Waals surface area contributed by atoms with Gasteiger partial charge in [0.05, 0.1) is 11.9 Å². The predicted molar refractivity (Wildman–Crippen MR) is 68.6 cm³/mol. The number of primary amides is 1. The smallest absolute Gasteiger partial charge is 0.217 e. The Morgan fingerprint density at radius 1 is 1.41 bits per heavy atom. The zero-order valence-corrected chi connectivity index (χ0v) is 10.5. The summed E-state index contributed by atoms with van der Waals surface area (Å²) in [6, 6.07) is 0. The standard InChI is InChI=1S/C11H21N5O/c1-15(2)11-9(12)8-14-16(11)7-5-3-4-6-10(13)17/h8H,3-7,12H2,1-2H3,(H2,13,17). The van der Waals surface area contributed by atoms with Crippen LogP contribution in [0.5, 0.6) is 0 Å². The topological polar surface area (TPSA) is 90.2 Å². The first-order valence-electron chi connectivity index (χ1n) is 5.79. The third-order valence-corrected chi connectivity index (χ3v) is 2.56. The number of amides is 1. The molecule has 4 N–H and O–H groups in total. The third kappa shape index (κ3) is 3.97. The van der Waals surface area contributed by atoms with Gasteiger partial charge in [-0.25, -0.2) is 4.68 Å². The molecule has 0 bridgehead atoms. The van der Waals surface area contributed by atoms with Crippen LogP contribution in [0.15, 0.2) is 6.20 Å². The molecule has 17 heavy (non-hydrogen) atoms. The molecule has 0 atom stereocenters. The number of unbranched alkanes of at least 4 members (excludes halogenated alkanes) is 2. The number of aryl methyl sites for hydroxylation is 1. The van der Waals surface area contributed by atoms with Gasteiger partial charge in [-0.15, -0.1) is 0 Å². The molecule has 1 rings (SSSR count). The van der Waals surface area contributed by atoms with Crippen molar-refractivity contribution >= 4 is 17.4 Å². The fraction of sp³-hybridized carbons (Fsp3) is 0.636. The molecule has 0 radical (unpaired) electrons. The summed E-state index contributed by atoms with van der Waals surface area (Å²) in [6.45, 7) is 0.809. The number of carbonyl (C=O) groups excluding carboxylic acids is 1. The van der Waals surface area contributed by atoms with Crippen LogP contribution in [-0.2, 0) is 11.3 Å². The number of aromatic nitrogens is 2. The molecule has 1 amide bonds. The Balaban J connectivity index is 2.39. The minimum atomic E-state index is -0.234. The van der Waals surface area contributed by atoms with Crippen molar-refractivity contribution in [3.8, 4) is 0 Å². The van der Waals surface area contributed by atoms with Crippen LogP contribution < -0.4 is 16.4 Å². The second-order valence-electron chi connectivity index (χ2n) is 4.32. The summed E-state index contributed by atoms with van der Waals surface area (Å²) >= 11 is 0. The van der Waals surface area contributed by atoms with Gasteiger partial charge in [0, 0.05) is 27.1 Å². The van der Waals surface area contributed by atoms with Crippen molar-refractivity contribution in [2.24, 2.45) is 5.73 Å². The van der Waals surface area contributed by atoms with E-state index in [9.17, 15) is 4.79 Å². The Morgan fingerprint density at radius 3 is 2.71 bits per heavy atom. The number of nitrogen functional groups attached to an aromatic ring is 1. The van der Waals surface area contributed by atoms with Crippen LogP contribution in [0.25, 0.3) is 0 Å². The van der Waals surface area contributed by atoms with E-state index in [1.54, 1.807) is 6.20 Å². The maximum atomic E-state index is 10.6. The minimum Gasteiger partial charge on any atom is -0.394 e. The maximum Gasteiger partial charge on any atom is 0.217 e. The molecule has 1 aromatic heterocycles. The fourth-order valence-electron chi connectivity index (χ4n) is 1.78. The van der Waals surface area contributed by atoms with E-state index in [4.69, 9.17) is 11.5 Å². The molecular formula is C11H21N5O. The lowest BCUT2D eigenvalue weighted by Crippen LogP contribution is -2.16. The van der Waals surface area contributed by atoms with Crippen molar-refractivity contribution < 1.29 is 4.79 Å². The van der Waals surface area contributed by atoms with Crippen LogP contribution >= 0.6 is 0 Å². The van der Waals surface area contributed by atoms with Crippen LogP contribution in [0.3, 0.4) is 0 Å². The molecule has 0 aliphatic carbocycles. The predicted octanol–water partition coefficient (Wildman–Crippen LogP) is 0.577. The first-order chi connectivity index (χ1) is 8.02. The van der Waals surface area contributed by atoms with Crippen molar-refractivity contribution in [3.63, 3.8) is 0 Å². The molecule has 0 aliphatic heterocycles. The fourth-order valence-corrected chi connectivity index (χ4v) is 1.78. The van der Waals surface area contributed by atoms with E-state index in [2.05, 4.69) is 5.10 Å². The molecule has 1 heterocycles. The highest BCUT2D eigenvalue weighted by Gasteiger charge is 2.09. The van der Waals surface area contributed by atoms with E-state index in [-0.39, 0.29) is 5.91 Å². The Hall–Kier alpha value is -1.72.